The van der Waals surface area contributed by atoms with Crippen molar-refractivity contribution >= 4 is 17.7 Å². The van der Waals surface area contributed by atoms with Gasteiger partial charge in [-0.25, -0.2) is 9.78 Å². The Labute approximate surface area is 175 Å². The summed E-state index contributed by atoms with van der Waals surface area (Å²) in [6, 6.07) is 5.98. The number of hydrogen-bond donors (Lipinski definition) is 0. The molecule has 6 rings (SSSR count). The Morgan fingerprint density at radius 2 is 1.87 bits per heavy atom. The number of carbonyl (C=O) groups excluding carboxylic acids is 2. The van der Waals surface area contributed by atoms with Crippen LogP contribution in [0.3, 0.4) is 0 Å². The molecular weight excluding hydrogens is 380 g/mol. The number of fused-ring (bicyclic) bond motifs is 2. The maximum absolute atomic E-state index is 13.5. The SMILES string of the molecule is O=C1OC2(CCN(C(=O)C3(c4ccc(N5CCCC5)nc4)CC3)C2)c2ccncc21. The van der Waals surface area contributed by atoms with Crippen molar-refractivity contribution in [3.63, 3.8) is 0 Å². The van der Waals surface area contributed by atoms with Crippen molar-refractivity contribution in [2.45, 2.75) is 43.1 Å². The number of likely N-dealkylation sites (tertiary alicyclic amines) is 1. The highest BCUT2D eigenvalue weighted by molar-refractivity contribution is 5.95. The van der Waals surface area contributed by atoms with Crippen LogP contribution in [-0.4, -0.2) is 52.9 Å². The number of hydrogen-bond acceptors (Lipinski definition) is 6. The van der Waals surface area contributed by atoms with Gasteiger partial charge in [-0.3, -0.25) is 9.78 Å². The van der Waals surface area contributed by atoms with Crippen LogP contribution in [0.4, 0.5) is 5.82 Å². The van der Waals surface area contributed by atoms with Crippen LogP contribution in [0.5, 0.6) is 0 Å². The molecule has 0 bridgehead atoms. The van der Waals surface area contributed by atoms with Gasteiger partial charge in [0.15, 0.2) is 5.60 Å². The third-order valence-electron chi connectivity index (χ3n) is 7.23. The van der Waals surface area contributed by atoms with Crippen LogP contribution in [0, 0.1) is 0 Å². The van der Waals surface area contributed by atoms with Gasteiger partial charge in [-0.05, 0) is 43.4 Å². The molecule has 1 aliphatic carbocycles. The number of esters is 1. The summed E-state index contributed by atoms with van der Waals surface area (Å²) >= 11 is 0. The second-order valence-electron chi connectivity index (χ2n) is 8.96. The van der Waals surface area contributed by atoms with Crippen LogP contribution >= 0.6 is 0 Å². The zero-order chi connectivity index (χ0) is 20.3. The fourth-order valence-corrected chi connectivity index (χ4v) is 5.36. The number of rotatable bonds is 3. The zero-order valence-corrected chi connectivity index (χ0v) is 16.8. The van der Waals surface area contributed by atoms with E-state index < -0.39 is 11.0 Å². The Hall–Kier alpha value is -2.96. The van der Waals surface area contributed by atoms with Crippen LogP contribution < -0.4 is 4.90 Å². The van der Waals surface area contributed by atoms with E-state index in [9.17, 15) is 9.59 Å². The highest BCUT2D eigenvalue weighted by Crippen LogP contribution is 2.52. The predicted molar refractivity (Wildman–Crippen MR) is 109 cm³/mol. The van der Waals surface area contributed by atoms with E-state index >= 15 is 0 Å². The van der Waals surface area contributed by atoms with Crippen molar-refractivity contribution in [1.82, 2.24) is 14.9 Å². The number of pyridine rings is 2. The smallest absolute Gasteiger partial charge is 0.341 e. The van der Waals surface area contributed by atoms with E-state index in [0.717, 1.165) is 42.9 Å². The van der Waals surface area contributed by atoms with Gasteiger partial charge in [0.25, 0.3) is 0 Å². The van der Waals surface area contributed by atoms with E-state index in [2.05, 4.69) is 27.0 Å². The van der Waals surface area contributed by atoms with E-state index in [-0.39, 0.29) is 11.9 Å². The van der Waals surface area contributed by atoms with E-state index in [1.165, 1.54) is 12.8 Å². The molecule has 7 heteroatoms. The van der Waals surface area contributed by atoms with Crippen molar-refractivity contribution in [1.29, 1.82) is 0 Å². The molecule has 2 aromatic rings. The van der Waals surface area contributed by atoms with Crippen molar-refractivity contribution in [2.24, 2.45) is 0 Å². The van der Waals surface area contributed by atoms with Crippen molar-refractivity contribution in [3.8, 4) is 0 Å². The minimum absolute atomic E-state index is 0.133. The molecule has 0 N–H and O–H groups in total. The maximum Gasteiger partial charge on any atom is 0.341 e. The topological polar surface area (TPSA) is 75.6 Å². The van der Waals surface area contributed by atoms with Gasteiger partial charge in [0, 0.05) is 50.2 Å². The molecule has 1 amide bonds. The molecule has 154 valence electrons. The third-order valence-corrected chi connectivity index (χ3v) is 7.23. The van der Waals surface area contributed by atoms with Gasteiger partial charge in [-0.1, -0.05) is 6.07 Å². The van der Waals surface area contributed by atoms with Crippen LogP contribution in [0.1, 0.15) is 53.6 Å². The zero-order valence-electron chi connectivity index (χ0n) is 16.8. The molecule has 1 spiro atoms. The highest BCUT2D eigenvalue weighted by atomic mass is 16.6. The molecule has 1 saturated carbocycles. The lowest BCUT2D eigenvalue weighted by Crippen LogP contribution is -2.40. The van der Waals surface area contributed by atoms with Gasteiger partial charge in [0.05, 0.1) is 17.5 Å². The molecule has 0 radical (unpaired) electrons. The molecule has 4 aliphatic rings. The summed E-state index contributed by atoms with van der Waals surface area (Å²) in [6.45, 7) is 3.12. The quantitative estimate of drug-likeness (QED) is 0.732. The monoisotopic (exact) mass is 404 g/mol. The van der Waals surface area contributed by atoms with Crippen LogP contribution in [0.25, 0.3) is 0 Å². The van der Waals surface area contributed by atoms with Gasteiger partial charge in [0.2, 0.25) is 5.91 Å². The first-order valence-electron chi connectivity index (χ1n) is 10.8. The standard InChI is InChI=1S/C23H24N4O3/c28-20-17-14-24-9-5-18(17)23(30-20)8-12-27(15-23)21(29)22(6-7-22)16-3-4-19(25-13-16)26-10-1-2-11-26/h3-5,9,13-14H,1-2,6-8,10-12,15H2. The molecule has 1 atom stereocenters. The molecule has 0 aromatic carbocycles. The van der Waals surface area contributed by atoms with Gasteiger partial charge in [0.1, 0.15) is 5.82 Å². The van der Waals surface area contributed by atoms with Gasteiger partial charge in [-0.15, -0.1) is 0 Å². The highest BCUT2D eigenvalue weighted by Gasteiger charge is 2.58. The van der Waals surface area contributed by atoms with Crippen LogP contribution in [0.15, 0.2) is 36.8 Å². The lowest BCUT2D eigenvalue weighted by molar-refractivity contribution is -0.134. The van der Waals surface area contributed by atoms with Gasteiger partial charge in [-0.2, -0.15) is 0 Å². The van der Waals surface area contributed by atoms with E-state index in [1.54, 1.807) is 12.4 Å². The Kier molecular flexibility index (Phi) is 3.73. The average Bonchev–Trinajstić information content (AvgIpc) is 3.13. The second kappa shape index (κ2) is 6.27. The van der Waals surface area contributed by atoms with E-state index in [0.29, 0.717) is 25.1 Å². The molecule has 3 aliphatic heterocycles. The first-order chi connectivity index (χ1) is 14.6. The Balaban J connectivity index is 1.23. The van der Waals surface area contributed by atoms with E-state index in [4.69, 9.17) is 4.74 Å². The normalized spacial score (nSPS) is 26.2. The first kappa shape index (κ1) is 17.9. The minimum atomic E-state index is -0.723. The second-order valence-corrected chi connectivity index (χ2v) is 8.96. The van der Waals surface area contributed by atoms with Gasteiger partial charge >= 0.3 is 5.97 Å². The Morgan fingerprint density at radius 3 is 2.60 bits per heavy atom. The Morgan fingerprint density at radius 1 is 1.03 bits per heavy atom. The molecule has 2 saturated heterocycles. The molecule has 2 aromatic heterocycles. The molecule has 7 nitrogen and oxygen atoms in total. The number of anilines is 1. The number of amides is 1. The fourth-order valence-electron chi connectivity index (χ4n) is 5.36. The minimum Gasteiger partial charge on any atom is -0.449 e. The summed E-state index contributed by atoms with van der Waals surface area (Å²) in [6.07, 6.45) is 9.89. The predicted octanol–water partition coefficient (Wildman–Crippen LogP) is 2.41. The molecule has 1 unspecified atom stereocenters. The number of nitrogens with zero attached hydrogens (tertiary/aromatic N) is 4. The Bertz CT molecular complexity index is 1030. The summed E-state index contributed by atoms with van der Waals surface area (Å²) in [5.41, 5.74) is 1.20. The fraction of sp³-hybridized carbons (Fsp3) is 0.478. The summed E-state index contributed by atoms with van der Waals surface area (Å²) in [5, 5.41) is 0. The lowest BCUT2D eigenvalue weighted by Gasteiger charge is -2.27. The molecular formula is C23H24N4O3. The lowest BCUT2D eigenvalue weighted by atomic mass is 9.92. The van der Waals surface area contributed by atoms with E-state index in [1.807, 2.05) is 17.2 Å². The van der Waals surface area contributed by atoms with Crippen molar-refractivity contribution < 1.29 is 14.3 Å². The third kappa shape index (κ3) is 2.50. The summed E-state index contributed by atoms with van der Waals surface area (Å²) in [5.74, 6) is 0.798. The summed E-state index contributed by atoms with van der Waals surface area (Å²) < 4.78 is 5.78. The van der Waals surface area contributed by atoms with Gasteiger partial charge < -0.3 is 14.5 Å². The van der Waals surface area contributed by atoms with Crippen LogP contribution in [0.2, 0.25) is 0 Å². The maximum atomic E-state index is 13.5. The largest absolute Gasteiger partial charge is 0.449 e. The molecule has 3 fully saturated rings. The number of carbonyl (C=O) groups is 2. The van der Waals surface area contributed by atoms with Crippen LogP contribution in [-0.2, 0) is 20.5 Å². The first-order valence-corrected chi connectivity index (χ1v) is 10.8. The average molecular weight is 404 g/mol. The summed E-state index contributed by atoms with van der Waals surface area (Å²) in [7, 11) is 0. The summed E-state index contributed by atoms with van der Waals surface area (Å²) in [4.78, 5) is 38.7. The van der Waals surface area contributed by atoms with Crippen molar-refractivity contribution in [3.05, 3.63) is 53.5 Å². The van der Waals surface area contributed by atoms with Crippen molar-refractivity contribution in [2.75, 3.05) is 31.1 Å². The number of ether oxygens (including phenoxy) is 1. The molecule has 5 heterocycles. The number of aromatic nitrogens is 2. The molecule has 30 heavy (non-hydrogen) atoms.